The Morgan fingerprint density at radius 2 is 2.06 bits per heavy atom. The van der Waals surface area contributed by atoms with Crippen molar-refractivity contribution in [1.29, 1.82) is 0 Å². The molecule has 2 rings (SSSR count). The van der Waals surface area contributed by atoms with Gasteiger partial charge in [-0.1, -0.05) is 23.7 Å². The molecule has 98 valence electrons. The van der Waals surface area contributed by atoms with E-state index in [1.54, 1.807) is 0 Å². The minimum Gasteiger partial charge on any atom is -0.375 e. The van der Waals surface area contributed by atoms with Gasteiger partial charge >= 0.3 is 0 Å². The molecule has 3 nitrogen and oxygen atoms in total. The Morgan fingerprint density at radius 1 is 1.39 bits per heavy atom. The predicted octanol–water partition coefficient (Wildman–Crippen LogP) is 2.52. The van der Waals surface area contributed by atoms with Crippen LogP contribution in [0.4, 0.5) is 0 Å². The normalized spacial score (nSPS) is 24.1. The van der Waals surface area contributed by atoms with Crippen LogP contribution in [0.3, 0.4) is 0 Å². The maximum Gasteiger partial charge on any atom is 0.227 e. The number of halogens is 1. The average molecular weight is 268 g/mol. The Kier molecular flexibility index (Phi) is 4.25. The molecule has 18 heavy (non-hydrogen) atoms. The molecule has 0 N–H and O–H groups in total. The van der Waals surface area contributed by atoms with Crippen LogP contribution in [0.25, 0.3) is 0 Å². The van der Waals surface area contributed by atoms with Crippen molar-refractivity contribution in [3.63, 3.8) is 0 Å². The van der Waals surface area contributed by atoms with Crippen molar-refractivity contribution < 1.29 is 9.53 Å². The van der Waals surface area contributed by atoms with Gasteiger partial charge in [0.1, 0.15) is 0 Å². The van der Waals surface area contributed by atoms with Crippen molar-refractivity contribution in [3.05, 3.63) is 34.9 Å². The third kappa shape index (κ3) is 3.03. The molecule has 1 heterocycles. The van der Waals surface area contributed by atoms with E-state index in [1.165, 1.54) is 0 Å². The molecule has 1 fully saturated rings. The molecule has 1 aliphatic heterocycles. The molecule has 2 atom stereocenters. The van der Waals surface area contributed by atoms with Gasteiger partial charge in [-0.05, 0) is 31.5 Å². The number of rotatable bonds is 2. The summed E-state index contributed by atoms with van der Waals surface area (Å²) in [5.74, 6) is 0.153. The second kappa shape index (κ2) is 5.72. The van der Waals surface area contributed by atoms with Gasteiger partial charge in [0.15, 0.2) is 0 Å². The van der Waals surface area contributed by atoms with Gasteiger partial charge in [0.2, 0.25) is 5.91 Å². The molecule has 2 unspecified atom stereocenters. The SMILES string of the molecule is CC1OCCN(C(=O)Cc2ccc(Cl)cc2)C1C. The summed E-state index contributed by atoms with van der Waals surface area (Å²) in [4.78, 5) is 14.2. The highest BCUT2D eigenvalue weighted by Gasteiger charge is 2.28. The summed E-state index contributed by atoms with van der Waals surface area (Å²) in [6.45, 7) is 5.34. The van der Waals surface area contributed by atoms with E-state index >= 15 is 0 Å². The van der Waals surface area contributed by atoms with Crippen LogP contribution in [-0.2, 0) is 16.0 Å². The van der Waals surface area contributed by atoms with Crippen molar-refractivity contribution in [2.24, 2.45) is 0 Å². The van der Waals surface area contributed by atoms with E-state index < -0.39 is 0 Å². The van der Waals surface area contributed by atoms with Gasteiger partial charge in [0.05, 0.1) is 25.2 Å². The number of amides is 1. The number of ether oxygens (including phenoxy) is 1. The summed E-state index contributed by atoms with van der Waals surface area (Å²) < 4.78 is 5.53. The third-order valence-electron chi connectivity index (χ3n) is 3.47. The van der Waals surface area contributed by atoms with Gasteiger partial charge < -0.3 is 9.64 Å². The lowest BCUT2D eigenvalue weighted by molar-refractivity contribution is -0.143. The predicted molar refractivity (Wildman–Crippen MR) is 71.7 cm³/mol. The zero-order valence-corrected chi connectivity index (χ0v) is 11.5. The number of carbonyl (C=O) groups excluding carboxylic acids is 1. The molecule has 1 aromatic rings. The van der Waals surface area contributed by atoms with E-state index in [-0.39, 0.29) is 18.1 Å². The average Bonchev–Trinajstić information content (AvgIpc) is 2.35. The first kappa shape index (κ1) is 13.4. The van der Waals surface area contributed by atoms with Crippen LogP contribution in [-0.4, -0.2) is 36.1 Å². The summed E-state index contributed by atoms with van der Waals surface area (Å²) in [6, 6.07) is 7.56. The number of morpholine rings is 1. The van der Waals surface area contributed by atoms with Crippen LogP contribution in [0.2, 0.25) is 5.02 Å². The maximum atomic E-state index is 12.2. The Morgan fingerprint density at radius 3 is 2.72 bits per heavy atom. The lowest BCUT2D eigenvalue weighted by atomic mass is 10.1. The molecule has 0 aromatic heterocycles. The molecule has 0 spiro atoms. The van der Waals surface area contributed by atoms with Crippen molar-refractivity contribution in [2.75, 3.05) is 13.2 Å². The standard InChI is InChI=1S/C14H18ClNO2/c1-10-11(2)18-8-7-16(10)14(17)9-12-3-5-13(15)6-4-12/h3-6,10-11H,7-9H2,1-2H3. The molecule has 0 radical (unpaired) electrons. The molecule has 1 aromatic carbocycles. The summed E-state index contributed by atoms with van der Waals surface area (Å²) in [5, 5.41) is 0.694. The summed E-state index contributed by atoms with van der Waals surface area (Å²) in [6.07, 6.45) is 0.529. The third-order valence-corrected chi connectivity index (χ3v) is 3.72. The van der Waals surface area contributed by atoms with Crippen LogP contribution in [0.1, 0.15) is 19.4 Å². The monoisotopic (exact) mass is 267 g/mol. The fraction of sp³-hybridized carbons (Fsp3) is 0.500. The van der Waals surface area contributed by atoms with Gasteiger partial charge in [-0.15, -0.1) is 0 Å². The van der Waals surface area contributed by atoms with Gasteiger partial charge in [0.25, 0.3) is 0 Å². The smallest absolute Gasteiger partial charge is 0.227 e. The van der Waals surface area contributed by atoms with Crippen LogP contribution >= 0.6 is 11.6 Å². The molecular weight excluding hydrogens is 250 g/mol. The fourth-order valence-corrected chi connectivity index (χ4v) is 2.29. The van der Waals surface area contributed by atoms with E-state index in [0.29, 0.717) is 24.6 Å². The minimum absolute atomic E-state index is 0.105. The quantitative estimate of drug-likeness (QED) is 0.824. The molecule has 0 bridgehead atoms. The first-order valence-electron chi connectivity index (χ1n) is 6.23. The molecule has 1 saturated heterocycles. The minimum atomic E-state index is 0.105. The second-order valence-electron chi connectivity index (χ2n) is 4.71. The first-order chi connectivity index (χ1) is 8.58. The molecule has 1 aliphatic rings. The van der Waals surface area contributed by atoms with Gasteiger partial charge in [0, 0.05) is 11.6 Å². The van der Waals surface area contributed by atoms with E-state index in [2.05, 4.69) is 0 Å². The van der Waals surface area contributed by atoms with Gasteiger partial charge in [-0.3, -0.25) is 4.79 Å². The molecule has 0 saturated carbocycles. The van der Waals surface area contributed by atoms with Crippen molar-refractivity contribution in [3.8, 4) is 0 Å². The van der Waals surface area contributed by atoms with E-state index in [9.17, 15) is 4.79 Å². The summed E-state index contributed by atoms with van der Waals surface area (Å²) >= 11 is 5.83. The largest absolute Gasteiger partial charge is 0.375 e. The van der Waals surface area contributed by atoms with Gasteiger partial charge in [-0.25, -0.2) is 0 Å². The Balaban J connectivity index is 2.01. The highest BCUT2D eigenvalue weighted by molar-refractivity contribution is 6.30. The Labute approximate surface area is 113 Å². The van der Waals surface area contributed by atoms with Crippen LogP contribution in [0, 0.1) is 0 Å². The van der Waals surface area contributed by atoms with Gasteiger partial charge in [-0.2, -0.15) is 0 Å². The van der Waals surface area contributed by atoms with Crippen molar-refractivity contribution in [1.82, 2.24) is 4.90 Å². The van der Waals surface area contributed by atoms with Crippen LogP contribution in [0.5, 0.6) is 0 Å². The number of carbonyl (C=O) groups is 1. The topological polar surface area (TPSA) is 29.5 Å². The number of hydrogen-bond acceptors (Lipinski definition) is 2. The van der Waals surface area contributed by atoms with Crippen molar-refractivity contribution >= 4 is 17.5 Å². The number of benzene rings is 1. The van der Waals surface area contributed by atoms with E-state index in [4.69, 9.17) is 16.3 Å². The fourth-order valence-electron chi connectivity index (χ4n) is 2.16. The van der Waals surface area contributed by atoms with E-state index in [1.807, 2.05) is 43.0 Å². The molecule has 0 aliphatic carbocycles. The summed E-state index contributed by atoms with van der Waals surface area (Å²) in [7, 11) is 0. The Hall–Kier alpha value is -1.06. The molecule has 4 heteroatoms. The highest BCUT2D eigenvalue weighted by Crippen LogP contribution is 2.16. The zero-order valence-electron chi connectivity index (χ0n) is 10.7. The molecule has 1 amide bonds. The number of nitrogens with zero attached hydrogens (tertiary/aromatic N) is 1. The first-order valence-corrected chi connectivity index (χ1v) is 6.61. The lowest BCUT2D eigenvalue weighted by Gasteiger charge is -2.38. The number of hydrogen-bond donors (Lipinski definition) is 0. The van der Waals surface area contributed by atoms with E-state index in [0.717, 1.165) is 5.56 Å². The zero-order chi connectivity index (χ0) is 13.1. The molecular formula is C14H18ClNO2. The van der Waals surface area contributed by atoms with Crippen LogP contribution < -0.4 is 0 Å². The van der Waals surface area contributed by atoms with Crippen molar-refractivity contribution in [2.45, 2.75) is 32.4 Å². The highest BCUT2D eigenvalue weighted by atomic mass is 35.5. The second-order valence-corrected chi connectivity index (χ2v) is 5.14. The Bertz CT molecular complexity index is 418. The lowest BCUT2D eigenvalue weighted by Crippen LogP contribution is -2.51. The maximum absolute atomic E-state index is 12.2. The van der Waals surface area contributed by atoms with Crippen LogP contribution in [0.15, 0.2) is 24.3 Å². The summed E-state index contributed by atoms with van der Waals surface area (Å²) in [5.41, 5.74) is 0.996.